The summed E-state index contributed by atoms with van der Waals surface area (Å²) in [5.41, 5.74) is 2.32. The maximum Gasteiger partial charge on any atom is 0.414 e. The summed E-state index contributed by atoms with van der Waals surface area (Å²) in [5, 5.41) is 12.2. The number of benzene rings is 2. The van der Waals surface area contributed by atoms with Crippen molar-refractivity contribution in [3.8, 4) is 5.75 Å². The molecule has 1 unspecified atom stereocenters. The number of carbonyl (C=O) groups excluding carboxylic acids is 1. The average molecular weight is 362 g/mol. The summed E-state index contributed by atoms with van der Waals surface area (Å²) in [6.45, 7) is 8.07. The predicted octanol–water partition coefficient (Wildman–Crippen LogP) is 5.19. The molecule has 1 atom stereocenters. The lowest BCUT2D eigenvalue weighted by molar-refractivity contribution is 0.0582. The Bertz CT molecular complexity index is 826. The first-order valence-electron chi connectivity index (χ1n) is 8.60. The highest BCUT2D eigenvalue weighted by Gasteiger charge is 2.36. The Kier molecular flexibility index (Phi) is 4.58. The number of aromatic hydroxyl groups is 1. The van der Waals surface area contributed by atoms with E-state index in [1.807, 2.05) is 32.9 Å². The van der Waals surface area contributed by atoms with Crippen LogP contribution < -0.4 is 4.90 Å². The van der Waals surface area contributed by atoms with Gasteiger partial charge in [0.15, 0.2) is 0 Å². The van der Waals surface area contributed by atoms with E-state index >= 15 is 0 Å². The minimum absolute atomic E-state index is 0.0133. The van der Waals surface area contributed by atoms with Gasteiger partial charge in [-0.15, -0.1) is 11.6 Å². The molecular formula is C20H24ClNO3. The van der Waals surface area contributed by atoms with Crippen molar-refractivity contribution >= 4 is 34.2 Å². The lowest BCUT2D eigenvalue weighted by Crippen LogP contribution is -2.36. The first-order chi connectivity index (χ1) is 11.7. The number of anilines is 1. The maximum atomic E-state index is 12.6. The molecule has 0 saturated carbocycles. The smallest absolute Gasteiger partial charge is 0.414 e. The van der Waals surface area contributed by atoms with Gasteiger partial charge in [-0.2, -0.15) is 0 Å². The van der Waals surface area contributed by atoms with Crippen LogP contribution in [-0.4, -0.2) is 29.2 Å². The summed E-state index contributed by atoms with van der Waals surface area (Å²) in [6, 6.07) is 7.70. The average Bonchev–Trinajstić information content (AvgIpc) is 2.91. The highest BCUT2D eigenvalue weighted by atomic mass is 35.5. The SMILES string of the molecule is CCc1ccc2c(O)cc3c(c2c1)C(CCl)CN3C(=O)OC(C)(C)C. The predicted molar refractivity (Wildman–Crippen MR) is 102 cm³/mol. The van der Waals surface area contributed by atoms with Crippen LogP contribution >= 0.6 is 11.6 Å². The minimum atomic E-state index is -0.579. The summed E-state index contributed by atoms with van der Waals surface area (Å²) in [7, 11) is 0. The van der Waals surface area contributed by atoms with Gasteiger partial charge in [0.05, 0.1) is 5.69 Å². The third-order valence-corrected chi connectivity index (χ3v) is 4.88. The molecule has 0 saturated heterocycles. The molecule has 1 amide bonds. The molecule has 0 radical (unpaired) electrons. The summed E-state index contributed by atoms with van der Waals surface area (Å²) in [4.78, 5) is 14.2. The Morgan fingerprint density at radius 1 is 1.32 bits per heavy atom. The Morgan fingerprint density at radius 3 is 2.64 bits per heavy atom. The van der Waals surface area contributed by atoms with Crippen molar-refractivity contribution in [3.63, 3.8) is 0 Å². The van der Waals surface area contributed by atoms with Crippen molar-refractivity contribution in [2.45, 2.75) is 45.6 Å². The number of amides is 1. The molecule has 0 bridgehead atoms. The summed E-state index contributed by atoms with van der Waals surface area (Å²) < 4.78 is 5.53. The van der Waals surface area contributed by atoms with Crippen LogP contribution in [0.5, 0.6) is 5.75 Å². The monoisotopic (exact) mass is 361 g/mol. The zero-order valence-electron chi connectivity index (χ0n) is 15.1. The van der Waals surface area contributed by atoms with Crippen LogP contribution in [0.2, 0.25) is 0 Å². The van der Waals surface area contributed by atoms with Gasteiger partial charge in [0.2, 0.25) is 0 Å². The molecule has 3 rings (SSSR count). The fourth-order valence-corrected chi connectivity index (χ4v) is 3.61. The fraction of sp³-hybridized carbons (Fsp3) is 0.450. The molecule has 2 aromatic carbocycles. The third-order valence-electron chi connectivity index (χ3n) is 4.51. The maximum absolute atomic E-state index is 12.6. The number of phenolic OH excluding ortho intramolecular Hbond substituents is 1. The second-order valence-electron chi connectivity index (χ2n) is 7.50. The first kappa shape index (κ1) is 17.9. The van der Waals surface area contributed by atoms with E-state index in [1.165, 1.54) is 5.56 Å². The zero-order chi connectivity index (χ0) is 18.4. The highest BCUT2D eigenvalue weighted by Crippen LogP contribution is 2.45. The second-order valence-corrected chi connectivity index (χ2v) is 7.81. The number of hydrogen-bond acceptors (Lipinski definition) is 3. The van der Waals surface area contributed by atoms with Crippen LogP contribution in [-0.2, 0) is 11.2 Å². The number of hydrogen-bond donors (Lipinski definition) is 1. The van der Waals surface area contributed by atoms with Crippen LogP contribution in [0.15, 0.2) is 24.3 Å². The molecule has 0 fully saturated rings. The molecule has 5 heteroatoms. The third kappa shape index (κ3) is 3.28. The van der Waals surface area contributed by atoms with Crippen molar-refractivity contribution in [2.24, 2.45) is 0 Å². The van der Waals surface area contributed by atoms with Gasteiger partial charge in [-0.05, 0) is 43.7 Å². The second kappa shape index (κ2) is 6.41. The van der Waals surface area contributed by atoms with Crippen LogP contribution in [0.25, 0.3) is 10.8 Å². The molecule has 2 aromatic rings. The largest absolute Gasteiger partial charge is 0.507 e. The normalized spacial score (nSPS) is 17.0. The van der Waals surface area contributed by atoms with Gasteiger partial charge in [0.1, 0.15) is 11.4 Å². The van der Waals surface area contributed by atoms with E-state index in [-0.39, 0.29) is 11.7 Å². The van der Waals surface area contributed by atoms with E-state index in [9.17, 15) is 9.90 Å². The molecule has 1 aliphatic rings. The van der Waals surface area contributed by atoms with Crippen molar-refractivity contribution in [2.75, 3.05) is 17.3 Å². The number of carbonyl (C=O) groups is 1. The van der Waals surface area contributed by atoms with Crippen molar-refractivity contribution < 1.29 is 14.6 Å². The lowest BCUT2D eigenvalue weighted by Gasteiger charge is -2.25. The Labute approximate surface area is 153 Å². The van der Waals surface area contributed by atoms with E-state index < -0.39 is 11.7 Å². The van der Waals surface area contributed by atoms with Gasteiger partial charge in [0.25, 0.3) is 0 Å². The first-order valence-corrected chi connectivity index (χ1v) is 9.13. The molecule has 1 N–H and O–H groups in total. The van der Waals surface area contributed by atoms with Crippen LogP contribution in [0.1, 0.15) is 44.7 Å². The van der Waals surface area contributed by atoms with Crippen LogP contribution in [0.3, 0.4) is 0 Å². The number of halogens is 1. The zero-order valence-corrected chi connectivity index (χ0v) is 15.9. The topological polar surface area (TPSA) is 49.8 Å². The molecule has 4 nitrogen and oxygen atoms in total. The van der Waals surface area contributed by atoms with E-state index in [2.05, 4.69) is 13.0 Å². The quantitative estimate of drug-likeness (QED) is 0.749. The molecule has 1 heterocycles. The molecule has 1 aliphatic heterocycles. The van der Waals surface area contributed by atoms with E-state index in [0.717, 1.165) is 22.8 Å². The van der Waals surface area contributed by atoms with Crippen molar-refractivity contribution in [1.29, 1.82) is 0 Å². The molecule has 0 aromatic heterocycles. The number of ether oxygens (including phenoxy) is 1. The number of alkyl halides is 1. The van der Waals surface area contributed by atoms with Gasteiger partial charge in [-0.25, -0.2) is 4.79 Å². The summed E-state index contributed by atoms with van der Waals surface area (Å²) in [6.07, 6.45) is 0.494. The summed E-state index contributed by atoms with van der Waals surface area (Å²) in [5.74, 6) is 0.585. The number of phenols is 1. The van der Waals surface area contributed by atoms with Gasteiger partial charge in [-0.3, -0.25) is 4.90 Å². The Hall–Kier alpha value is -1.94. The van der Waals surface area contributed by atoms with Gasteiger partial charge in [-0.1, -0.05) is 25.1 Å². The van der Waals surface area contributed by atoms with Crippen molar-refractivity contribution in [3.05, 3.63) is 35.4 Å². The van der Waals surface area contributed by atoms with E-state index in [4.69, 9.17) is 16.3 Å². The molecule has 0 aliphatic carbocycles. The lowest BCUT2D eigenvalue weighted by atomic mass is 9.93. The van der Waals surface area contributed by atoms with Crippen LogP contribution in [0, 0.1) is 0 Å². The number of fused-ring (bicyclic) bond motifs is 3. The Balaban J connectivity index is 2.16. The van der Waals surface area contributed by atoms with Crippen molar-refractivity contribution in [1.82, 2.24) is 0 Å². The molecule has 25 heavy (non-hydrogen) atoms. The van der Waals surface area contributed by atoms with Gasteiger partial charge < -0.3 is 9.84 Å². The highest BCUT2D eigenvalue weighted by molar-refractivity contribution is 6.19. The molecular weight excluding hydrogens is 338 g/mol. The number of rotatable bonds is 2. The molecule has 0 spiro atoms. The van der Waals surface area contributed by atoms with E-state index in [1.54, 1.807) is 11.0 Å². The fourth-order valence-electron chi connectivity index (χ4n) is 3.36. The van der Waals surface area contributed by atoms with Crippen LogP contribution in [0.4, 0.5) is 10.5 Å². The minimum Gasteiger partial charge on any atom is -0.507 e. The van der Waals surface area contributed by atoms with Gasteiger partial charge >= 0.3 is 6.09 Å². The summed E-state index contributed by atoms with van der Waals surface area (Å²) >= 11 is 6.21. The van der Waals surface area contributed by atoms with Gasteiger partial charge in [0, 0.05) is 29.8 Å². The Morgan fingerprint density at radius 2 is 2.04 bits per heavy atom. The number of aryl methyl sites for hydroxylation is 1. The molecule has 134 valence electrons. The van der Waals surface area contributed by atoms with E-state index in [0.29, 0.717) is 18.1 Å². The standard InChI is InChI=1S/C20H24ClNO3/c1-5-12-6-7-14-15(8-12)18-13(10-21)11-22(16(18)9-17(14)23)19(24)25-20(2,3)4/h6-9,13,23H,5,10-11H2,1-4H3. The number of nitrogens with zero attached hydrogens (tertiary/aromatic N) is 1.